The van der Waals surface area contributed by atoms with Crippen LogP contribution in [0.1, 0.15) is 13.3 Å². The van der Waals surface area contributed by atoms with Gasteiger partial charge < -0.3 is 0 Å². The van der Waals surface area contributed by atoms with Crippen molar-refractivity contribution < 1.29 is 0 Å². The summed E-state index contributed by atoms with van der Waals surface area (Å²) in [6, 6.07) is 3.21. The number of thioether (sulfide) groups is 1. The smallest absolute Gasteiger partial charge is 0.266 e. The summed E-state index contributed by atoms with van der Waals surface area (Å²) in [6.07, 6.45) is 2.66. The van der Waals surface area contributed by atoms with E-state index in [-0.39, 0.29) is 5.56 Å². The Morgan fingerprint density at radius 3 is 3.15 bits per heavy atom. The van der Waals surface area contributed by atoms with E-state index in [2.05, 4.69) is 12.0 Å². The maximum absolute atomic E-state index is 11.2. The molecule has 1 aromatic rings. The summed E-state index contributed by atoms with van der Waals surface area (Å²) in [5, 5.41) is 3.97. The van der Waals surface area contributed by atoms with Gasteiger partial charge in [-0.15, -0.1) is 0 Å². The molecule has 0 atom stereocenters. The van der Waals surface area contributed by atoms with E-state index in [1.165, 1.54) is 4.68 Å². The fourth-order valence-electron chi connectivity index (χ4n) is 1.02. The van der Waals surface area contributed by atoms with E-state index in [1.54, 1.807) is 18.3 Å². The molecule has 13 heavy (non-hydrogen) atoms. The molecule has 0 unspecified atom stereocenters. The lowest BCUT2D eigenvalue weighted by Gasteiger charge is -2.01. The van der Waals surface area contributed by atoms with Crippen LogP contribution >= 0.6 is 11.8 Å². The molecule has 0 bridgehead atoms. The maximum Gasteiger partial charge on any atom is 0.266 e. The van der Waals surface area contributed by atoms with E-state index in [9.17, 15) is 4.79 Å². The van der Waals surface area contributed by atoms with E-state index in [1.807, 2.05) is 11.8 Å². The van der Waals surface area contributed by atoms with E-state index in [4.69, 9.17) is 0 Å². The Balaban J connectivity index is 2.37. The predicted molar refractivity (Wildman–Crippen MR) is 56.1 cm³/mol. The van der Waals surface area contributed by atoms with Gasteiger partial charge in [0.15, 0.2) is 0 Å². The van der Waals surface area contributed by atoms with Gasteiger partial charge in [0.1, 0.15) is 0 Å². The molecule has 0 fully saturated rings. The first-order valence-electron chi connectivity index (χ1n) is 4.44. The van der Waals surface area contributed by atoms with Gasteiger partial charge >= 0.3 is 0 Å². The molecule has 1 aromatic heterocycles. The van der Waals surface area contributed by atoms with Crippen LogP contribution in [0.15, 0.2) is 23.1 Å². The van der Waals surface area contributed by atoms with E-state index in [0.717, 1.165) is 24.5 Å². The summed E-state index contributed by atoms with van der Waals surface area (Å²) in [7, 11) is 0. The van der Waals surface area contributed by atoms with Crippen molar-refractivity contribution in [1.82, 2.24) is 9.78 Å². The zero-order chi connectivity index (χ0) is 9.52. The van der Waals surface area contributed by atoms with Gasteiger partial charge in [-0.2, -0.15) is 16.9 Å². The summed E-state index contributed by atoms with van der Waals surface area (Å²) in [5.41, 5.74) is -0.0102. The Morgan fingerprint density at radius 1 is 1.62 bits per heavy atom. The molecule has 0 saturated carbocycles. The Kier molecular flexibility index (Phi) is 4.60. The molecule has 3 nitrogen and oxygen atoms in total. The third-order valence-electron chi connectivity index (χ3n) is 1.65. The summed E-state index contributed by atoms with van der Waals surface area (Å²) in [5.74, 6) is 2.23. The summed E-state index contributed by atoms with van der Waals surface area (Å²) < 4.78 is 1.51. The third-order valence-corrected chi connectivity index (χ3v) is 2.63. The van der Waals surface area contributed by atoms with E-state index in [0.29, 0.717) is 0 Å². The lowest BCUT2D eigenvalue weighted by Crippen LogP contribution is -2.21. The molecular weight excluding hydrogens is 184 g/mol. The Labute approximate surface area is 82.2 Å². The van der Waals surface area contributed by atoms with E-state index >= 15 is 0 Å². The van der Waals surface area contributed by atoms with Crippen LogP contribution in [0.25, 0.3) is 0 Å². The zero-order valence-electron chi connectivity index (χ0n) is 7.77. The molecule has 0 spiro atoms. The van der Waals surface area contributed by atoms with Crippen molar-refractivity contribution in [2.24, 2.45) is 0 Å². The predicted octanol–water partition coefficient (Wildman–Crippen LogP) is 1.39. The average molecular weight is 198 g/mol. The second-order valence-corrected chi connectivity index (χ2v) is 4.03. The normalized spacial score (nSPS) is 10.2. The van der Waals surface area contributed by atoms with Crippen LogP contribution in [0.5, 0.6) is 0 Å². The molecule has 0 aromatic carbocycles. The number of aromatic nitrogens is 2. The standard InChI is InChI=1S/C9H14N2OS/c1-2-13-8-4-7-11-9(12)5-3-6-10-11/h3,5-6H,2,4,7-8H2,1H3. The molecule has 72 valence electrons. The zero-order valence-corrected chi connectivity index (χ0v) is 8.59. The molecule has 0 aliphatic rings. The Bertz CT molecular complexity index is 298. The van der Waals surface area contributed by atoms with Crippen molar-refractivity contribution in [2.45, 2.75) is 19.9 Å². The molecule has 1 rings (SSSR count). The van der Waals surface area contributed by atoms with E-state index < -0.39 is 0 Å². The van der Waals surface area contributed by atoms with Gasteiger partial charge in [0.05, 0.1) is 0 Å². The average Bonchev–Trinajstić information content (AvgIpc) is 2.15. The molecule has 1 heterocycles. The molecule has 4 heteroatoms. The van der Waals surface area contributed by atoms with Crippen LogP contribution in [0.4, 0.5) is 0 Å². The lowest BCUT2D eigenvalue weighted by molar-refractivity contribution is 0.571. The molecule has 0 aliphatic carbocycles. The minimum Gasteiger partial charge on any atom is -0.268 e. The molecular formula is C9H14N2OS. The van der Waals surface area contributed by atoms with Crippen molar-refractivity contribution in [2.75, 3.05) is 11.5 Å². The van der Waals surface area contributed by atoms with Crippen LogP contribution in [-0.2, 0) is 6.54 Å². The molecule has 0 amide bonds. The second kappa shape index (κ2) is 5.80. The number of hydrogen-bond acceptors (Lipinski definition) is 3. The first-order valence-corrected chi connectivity index (χ1v) is 5.60. The van der Waals surface area contributed by atoms with Gasteiger partial charge in [-0.25, -0.2) is 4.68 Å². The van der Waals surface area contributed by atoms with Gasteiger partial charge in [0.2, 0.25) is 0 Å². The van der Waals surface area contributed by atoms with Crippen molar-refractivity contribution in [3.8, 4) is 0 Å². The van der Waals surface area contributed by atoms with Gasteiger partial charge in [-0.3, -0.25) is 4.79 Å². The highest BCUT2D eigenvalue weighted by atomic mass is 32.2. The van der Waals surface area contributed by atoms with Crippen LogP contribution < -0.4 is 5.56 Å². The SMILES string of the molecule is CCSCCCn1ncccc1=O. The lowest BCUT2D eigenvalue weighted by atomic mass is 10.5. The monoisotopic (exact) mass is 198 g/mol. The fraction of sp³-hybridized carbons (Fsp3) is 0.556. The highest BCUT2D eigenvalue weighted by Crippen LogP contribution is 2.00. The number of rotatable bonds is 5. The minimum absolute atomic E-state index is 0.0102. The third kappa shape index (κ3) is 3.63. The maximum atomic E-state index is 11.2. The Hall–Kier alpha value is -0.770. The molecule has 0 saturated heterocycles. The Morgan fingerprint density at radius 2 is 2.46 bits per heavy atom. The fourth-order valence-corrected chi connectivity index (χ4v) is 1.64. The summed E-state index contributed by atoms with van der Waals surface area (Å²) in [4.78, 5) is 11.2. The van der Waals surface area contributed by atoms with Crippen molar-refractivity contribution >= 4 is 11.8 Å². The number of nitrogens with zero attached hydrogens (tertiary/aromatic N) is 2. The number of aryl methyl sites for hydroxylation is 1. The number of hydrogen-bond donors (Lipinski definition) is 0. The van der Waals surface area contributed by atoms with Gasteiger partial charge in [0.25, 0.3) is 5.56 Å². The quantitative estimate of drug-likeness (QED) is 0.671. The summed E-state index contributed by atoms with van der Waals surface area (Å²) >= 11 is 1.89. The van der Waals surface area contributed by atoms with Crippen LogP contribution in [0.2, 0.25) is 0 Å². The van der Waals surface area contributed by atoms with Crippen LogP contribution in [0.3, 0.4) is 0 Å². The minimum atomic E-state index is -0.0102. The first kappa shape index (κ1) is 10.3. The molecule has 0 aliphatic heterocycles. The van der Waals surface area contributed by atoms with Gasteiger partial charge in [-0.05, 0) is 24.0 Å². The van der Waals surface area contributed by atoms with Crippen molar-refractivity contribution in [1.29, 1.82) is 0 Å². The van der Waals surface area contributed by atoms with Crippen LogP contribution in [0, 0.1) is 0 Å². The van der Waals surface area contributed by atoms with Crippen molar-refractivity contribution in [3.05, 3.63) is 28.7 Å². The molecule has 0 N–H and O–H groups in total. The molecule has 0 radical (unpaired) electrons. The first-order chi connectivity index (χ1) is 6.34. The van der Waals surface area contributed by atoms with Crippen molar-refractivity contribution in [3.63, 3.8) is 0 Å². The van der Waals surface area contributed by atoms with Gasteiger partial charge in [-0.1, -0.05) is 6.92 Å². The van der Waals surface area contributed by atoms with Gasteiger partial charge in [0, 0.05) is 18.8 Å². The topological polar surface area (TPSA) is 34.9 Å². The summed E-state index contributed by atoms with van der Waals surface area (Å²) in [6.45, 7) is 2.87. The highest BCUT2D eigenvalue weighted by molar-refractivity contribution is 7.99. The van der Waals surface area contributed by atoms with Crippen LogP contribution in [-0.4, -0.2) is 21.3 Å². The largest absolute Gasteiger partial charge is 0.268 e. The highest BCUT2D eigenvalue weighted by Gasteiger charge is 1.94. The second-order valence-electron chi connectivity index (χ2n) is 2.64.